The van der Waals surface area contributed by atoms with Crippen molar-refractivity contribution in [2.45, 2.75) is 20.8 Å². The minimum Gasteiger partial charge on any atom is -0.380 e. The lowest BCUT2D eigenvalue weighted by atomic mass is 9.96. The minimum atomic E-state index is 0.361. The lowest BCUT2D eigenvalue weighted by Crippen LogP contribution is -2.24. The number of allylic oxidation sites excluding steroid dienone is 2. The molecule has 0 saturated carbocycles. The van der Waals surface area contributed by atoms with Gasteiger partial charge in [0.25, 0.3) is 0 Å². The predicted octanol–water partition coefficient (Wildman–Crippen LogP) is 2.66. The van der Waals surface area contributed by atoms with E-state index in [0.29, 0.717) is 5.41 Å². The van der Waals surface area contributed by atoms with E-state index >= 15 is 0 Å². The zero-order valence-electron chi connectivity index (χ0n) is 8.09. The zero-order valence-corrected chi connectivity index (χ0v) is 8.09. The zero-order chi connectivity index (χ0) is 8.91. The quantitative estimate of drug-likeness (QED) is 0.563. The summed E-state index contributed by atoms with van der Waals surface area (Å²) in [4.78, 5) is 2.17. The standard InChI is InChI=1S/C10H19N/c1-6-7-8-11(5)9-10(2,3)4/h6-8H,1,9H2,2-5H3/b8-7-. The highest BCUT2D eigenvalue weighted by Gasteiger charge is 2.10. The van der Waals surface area contributed by atoms with Gasteiger partial charge in [-0.3, -0.25) is 0 Å². The Morgan fingerprint density at radius 3 is 2.27 bits per heavy atom. The normalized spacial score (nSPS) is 12.0. The second-order valence-electron chi connectivity index (χ2n) is 4.05. The van der Waals surface area contributed by atoms with Gasteiger partial charge in [-0.1, -0.05) is 33.4 Å². The summed E-state index contributed by atoms with van der Waals surface area (Å²) in [6, 6.07) is 0. The molecule has 1 heteroatoms. The summed E-state index contributed by atoms with van der Waals surface area (Å²) < 4.78 is 0. The molecule has 1 nitrogen and oxygen atoms in total. The van der Waals surface area contributed by atoms with Crippen LogP contribution in [0.5, 0.6) is 0 Å². The molecule has 0 N–H and O–H groups in total. The average molecular weight is 153 g/mol. The molecule has 0 aromatic rings. The van der Waals surface area contributed by atoms with Crippen molar-refractivity contribution in [3.63, 3.8) is 0 Å². The van der Waals surface area contributed by atoms with Gasteiger partial charge in [0, 0.05) is 13.6 Å². The van der Waals surface area contributed by atoms with Crippen LogP contribution in [0.3, 0.4) is 0 Å². The molecule has 0 amide bonds. The van der Waals surface area contributed by atoms with E-state index in [1.165, 1.54) is 0 Å². The van der Waals surface area contributed by atoms with Crippen molar-refractivity contribution in [2.24, 2.45) is 5.41 Å². The van der Waals surface area contributed by atoms with E-state index in [2.05, 4.69) is 39.3 Å². The van der Waals surface area contributed by atoms with Crippen LogP contribution in [0.25, 0.3) is 0 Å². The van der Waals surface area contributed by atoms with Crippen LogP contribution < -0.4 is 0 Å². The molecule has 0 atom stereocenters. The van der Waals surface area contributed by atoms with E-state index < -0.39 is 0 Å². The van der Waals surface area contributed by atoms with Gasteiger partial charge in [-0.05, 0) is 17.7 Å². The predicted molar refractivity (Wildman–Crippen MR) is 51.4 cm³/mol. The summed E-state index contributed by atoms with van der Waals surface area (Å²) in [5, 5.41) is 0. The Bertz CT molecular complexity index is 139. The number of rotatable bonds is 3. The highest BCUT2D eigenvalue weighted by molar-refractivity contribution is 4.96. The largest absolute Gasteiger partial charge is 0.380 e. The fourth-order valence-electron chi connectivity index (χ4n) is 1.01. The van der Waals surface area contributed by atoms with Crippen LogP contribution in [0.4, 0.5) is 0 Å². The second-order valence-corrected chi connectivity index (χ2v) is 4.05. The summed E-state index contributed by atoms with van der Waals surface area (Å²) in [5.41, 5.74) is 0.361. The minimum absolute atomic E-state index is 0.361. The molecule has 0 aliphatic heterocycles. The Labute approximate surface area is 70.4 Å². The van der Waals surface area contributed by atoms with Crippen LogP contribution >= 0.6 is 0 Å². The molecule has 11 heavy (non-hydrogen) atoms. The molecule has 0 spiro atoms. The molecular formula is C10H19N. The fraction of sp³-hybridized carbons (Fsp3) is 0.600. The molecule has 0 fully saturated rings. The highest BCUT2D eigenvalue weighted by Crippen LogP contribution is 2.13. The molecule has 0 bridgehead atoms. The number of hydrogen-bond donors (Lipinski definition) is 0. The van der Waals surface area contributed by atoms with Gasteiger partial charge in [-0.15, -0.1) is 0 Å². The third-order valence-electron chi connectivity index (χ3n) is 1.20. The van der Waals surface area contributed by atoms with Gasteiger partial charge in [0.2, 0.25) is 0 Å². The van der Waals surface area contributed by atoms with Gasteiger partial charge in [0.05, 0.1) is 0 Å². The van der Waals surface area contributed by atoms with Crippen molar-refractivity contribution in [2.75, 3.05) is 13.6 Å². The van der Waals surface area contributed by atoms with Crippen molar-refractivity contribution < 1.29 is 0 Å². The molecule has 0 aromatic carbocycles. The molecule has 0 rings (SSSR count). The van der Waals surface area contributed by atoms with E-state index in [1.807, 2.05) is 12.3 Å². The molecule has 64 valence electrons. The first-order valence-corrected chi connectivity index (χ1v) is 3.95. The van der Waals surface area contributed by atoms with Crippen LogP contribution in [-0.2, 0) is 0 Å². The molecule has 0 unspecified atom stereocenters. The van der Waals surface area contributed by atoms with Crippen molar-refractivity contribution in [1.29, 1.82) is 0 Å². The maximum absolute atomic E-state index is 3.62. The van der Waals surface area contributed by atoms with Crippen LogP contribution in [-0.4, -0.2) is 18.5 Å². The summed E-state index contributed by atoms with van der Waals surface area (Å²) >= 11 is 0. The van der Waals surface area contributed by atoms with E-state index in [1.54, 1.807) is 6.08 Å². The smallest absolute Gasteiger partial charge is 0.0217 e. The first-order chi connectivity index (χ1) is 4.95. The van der Waals surface area contributed by atoms with E-state index in [-0.39, 0.29) is 0 Å². The van der Waals surface area contributed by atoms with Gasteiger partial charge in [0.15, 0.2) is 0 Å². The topological polar surface area (TPSA) is 3.24 Å². The molecule has 0 aliphatic rings. The Hall–Kier alpha value is -0.720. The molecule has 0 heterocycles. The molecule has 0 aliphatic carbocycles. The Kier molecular flexibility index (Phi) is 3.94. The molecule has 0 saturated heterocycles. The Balaban J connectivity index is 3.78. The molecule has 0 radical (unpaired) electrons. The van der Waals surface area contributed by atoms with Crippen LogP contribution in [0.2, 0.25) is 0 Å². The van der Waals surface area contributed by atoms with E-state index in [4.69, 9.17) is 0 Å². The summed E-state index contributed by atoms with van der Waals surface area (Å²) in [5.74, 6) is 0. The highest BCUT2D eigenvalue weighted by atomic mass is 15.1. The van der Waals surface area contributed by atoms with Gasteiger partial charge >= 0.3 is 0 Å². The Morgan fingerprint density at radius 1 is 1.36 bits per heavy atom. The maximum atomic E-state index is 3.62. The number of nitrogens with zero attached hydrogens (tertiary/aromatic N) is 1. The maximum Gasteiger partial charge on any atom is 0.0217 e. The van der Waals surface area contributed by atoms with Crippen molar-refractivity contribution in [3.8, 4) is 0 Å². The molecular weight excluding hydrogens is 134 g/mol. The molecule has 0 aromatic heterocycles. The van der Waals surface area contributed by atoms with E-state index in [0.717, 1.165) is 6.54 Å². The lowest BCUT2D eigenvalue weighted by Gasteiger charge is -2.25. The first-order valence-electron chi connectivity index (χ1n) is 3.95. The summed E-state index contributed by atoms with van der Waals surface area (Å²) in [6.07, 6.45) is 5.78. The second kappa shape index (κ2) is 4.22. The van der Waals surface area contributed by atoms with Gasteiger partial charge in [-0.25, -0.2) is 0 Å². The van der Waals surface area contributed by atoms with Gasteiger partial charge in [0.1, 0.15) is 0 Å². The third kappa shape index (κ3) is 7.17. The van der Waals surface area contributed by atoms with Crippen molar-refractivity contribution in [3.05, 3.63) is 24.9 Å². The number of hydrogen-bond acceptors (Lipinski definition) is 1. The van der Waals surface area contributed by atoms with Crippen molar-refractivity contribution >= 4 is 0 Å². The lowest BCUT2D eigenvalue weighted by molar-refractivity contribution is 0.285. The van der Waals surface area contributed by atoms with Crippen molar-refractivity contribution in [1.82, 2.24) is 4.90 Å². The SMILES string of the molecule is C=C/C=C\N(C)CC(C)(C)C. The summed E-state index contributed by atoms with van der Waals surface area (Å²) in [7, 11) is 2.07. The van der Waals surface area contributed by atoms with E-state index in [9.17, 15) is 0 Å². The van der Waals surface area contributed by atoms with Gasteiger partial charge in [-0.2, -0.15) is 0 Å². The van der Waals surface area contributed by atoms with Crippen LogP contribution in [0.1, 0.15) is 20.8 Å². The fourth-order valence-corrected chi connectivity index (χ4v) is 1.01. The first kappa shape index (κ1) is 10.3. The Morgan fingerprint density at radius 2 is 1.91 bits per heavy atom. The van der Waals surface area contributed by atoms with Gasteiger partial charge < -0.3 is 4.90 Å². The van der Waals surface area contributed by atoms with Crippen LogP contribution in [0, 0.1) is 5.41 Å². The van der Waals surface area contributed by atoms with Crippen LogP contribution in [0.15, 0.2) is 24.9 Å². The average Bonchev–Trinajstić information content (AvgIpc) is 1.79. The third-order valence-corrected chi connectivity index (χ3v) is 1.20. The monoisotopic (exact) mass is 153 g/mol. The summed E-state index contributed by atoms with van der Waals surface area (Å²) in [6.45, 7) is 11.4.